The number of aromatic nitrogens is 3. The topological polar surface area (TPSA) is 57.0 Å². The Balaban J connectivity index is 1.24. The molecule has 0 fully saturated rings. The highest BCUT2D eigenvalue weighted by Gasteiger charge is 2.16. The normalized spacial score (nSPS) is 11.6. The molecular formula is C40H25N3O2. The van der Waals surface area contributed by atoms with Crippen LogP contribution < -0.4 is 0 Å². The Hall–Kier alpha value is -6.20. The quantitative estimate of drug-likeness (QED) is 0.204. The fourth-order valence-corrected chi connectivity index (χ4v) is 6.41. The first kappa shape index (κ1) is 25.3. The second-order valence-electron chi connectivity index (χ2n) is 11.2. The Bertz CT molecular complexity index is 2310. The van der Waals surface area contributed by atoms with Crippen LogP contribution in [0.25, 0.3) is 83.2 Å². The van der Waals surface area contributed by atoms with Crippen molar-refractivity contribution in [3.05, 3.63) is 153 Å². The van der Waals surface area contributed by atoms with Crippen molar-refractivity contribution in [2.75, 3.05) is 0 Å². The van der Waals surface area contributed by atoms with E-state index >= 15 is 0 Å². The van der Waals surface area contributed by atoms with E-state index in [4.69, 9.17) is 8.83 Å². The van der Waals surface area contributed by atoms with Gasteiger partial charge < -0.3 is 13.4 Å². The molecule has 0 aliphatic rings. The first-order valence-corrected chi connectivity index (χ1v) is 14.9. The van der Waals surface area contributed by atoms with Crippen LogP contribution in [0.15, 0.2) is 161 Å². The molecule has 0 radical (unpaired) electrons. The number of benzene rings is 6. The van der Waals surface area contributed by atoms with Gasteiger partial charge in [-0.05, 0) is 45.8 Å². The minimum Gasteiger partial charge on any atom is -0.444 e. The molecule has 0 spiro atoms. The van der Waals surface area contributed by atoms with Crippen LogP contribution in [0.1, 0.15) is 0 Å². The van der Waals surface area contributed by atoms with Crippen LogP contribution in [0.5, 0.6) is 0 Å². The smallest absolute Gasteiger partial charge is 0.181 e. The van der Waals surface area contributed by atoms with Crippen LogP contribution in [0.2, 0.25) is 0 Å². The fourth-order valence-electron chi connectivity index (χ4n) is 6.41. The molecule has 0 atom stereocenters. The van der Waals surface area contributed by atoms with Gasteiger partial charge >= 0.3 is 0 Å². The molecule has 5 heteroatoms. The van der Waals surface area contributed by atoms with Crippen LogP contribution >= 0.6 is 0 Å². The average Bonchev–Trinajstić information content (AvgIpc) is 3.89. The predicted octanol–water partition coefficient (Wildman–Crippen LogP) is 10.6. The van der Waals surface area contributed by atoms with Gasteiger partial charge in [-0.15, -0.1) is 0 Å². The van der Waals surface area contributed by atoms with E-state index in [-0.39, 0.29) is 0 Å². The zero-order valence-electron chi connectivity index (χ0n) is 24.1. The van der Waals surface area contributed by atoms with Crippen LogP contribution in [-0.4, -0.2) is 14.5 Å². The first-order chi connectivity index (χ1) is 22.3. The number of hydrogen-bond acceptors (Lipinski definition) is 4. The van der Waals surface area contributed by atoms with E-state index in [1.54, 1.807) is 12.4 Å². The number of nitrogens with zero attached hydrogens (tertiary/aromatic N) is 3. The SMILES string of the molecule is c1ccc2c(-n3c4cc(-c5ccc(-c6cnco6)cc5)ccc4c4ccc(-c5ccc(-c6cnco6)cc5)cc43)cccc2c1. The molecule has 9 aromatic rings. The van der Waals surface area contributed by atoms with E-state index < -0.39 is 0 Å². The summed E-state index contributed by atoms with van der Waals surface area (Å²) in [5, 5.41) is 4.85. The Kier molecular flexibility index (Phi) is 5.74. The van der Waals surface area contributed by atoms with Gasteiger partial charge in [0.15, 0.2) is 24.3 Å². The summed E-state index contributed by atoms with van der Waals surface area (Å²) in [6.07, 6.45) is 6.40. The van der Waals surface area contributed by atoms with Gasteiger partial charge in [0.25, 0.3) is 0 Å². The summed E-state index contributed by atoms with van der Waals surface area (Å²) in [4.78, 5) is 8.12. The van der Waals surface area contributed by atoms with Crippen molar-refractivity contribution in [2.45, 2.75) is 0 Å². The van der Waals surface area contributed by atoms with Gasteiger partial charge in [0.2, 0.25) is 0 Å². The molecule has 0 unspecified atom stereocenters. The molecule has 5 nitrogen and oxygen atoms in total. The Morgan fingerprint density at radius 1 is 0.422 bits per heavy atom. The fraction of sp³-hybridized carbons (Fsp3) is 0. The van der Waals surface area contributed by atoms with Crippen LogP contribution in [0, 0.1) is 0 Å². The molecule has 0 saturated heterocycles. The summed E-state index contributed by atoms with van der Waals surface area (Å²) in [7, 11) is 0. The first-order valence-electron chi connectivity index (χ1n) is 14.9. The number of fused-ring (bicyclic) bond motifs is 4. The van der Waals surface area contributed by atoms with Crippen molar-refractivity contribution in [3.8, 4) is 50.6 Å². The number of rotatable bonds is 5. The molecule has 3 heterocycles. The molecule has 0 bridgehead atoms. The zero-order chi connectivity index (χ0) is 29.7. The zero-order valence-corrected chi connectivity index (χ0v) is 24.1. The maximum absolute atomic E-state index is 5.50. The summed E-state index contributed by atoms with van der Waals surface area (Å²) in [5.74, 6) is 1.52. The maximum atomic E-state index is 5.50. The highest BCUT2D eigenvalue weighted by molar-refractivity contribution is 6.12. The predicted molar refractivity (Wildman–Crippen MR) is 180 cm³/mol. The lowest BCUT2D eigenvalue weighted by Crippen LogP contribution is -1.95. The summed E-state index contributed by atoms with van der Waals surface area (Å²) in [6.45, 7) is 0. The van der Waals surface area contributed by atoms with E-state index in [0.717, 1.165) is 61.6 Å². The molecule has 0 aliphatic heterocycles. The summed E-state index contributed by atoms with van der Waals surface area (Å²) in [5.41, 5.74) is 10.1. The second-order valence-corrected chi connectivity index (χ2v) is 11.2. The van der Waals surface area contributed by atoms with Gasteiger partial charge in [-0.1, -0.05) is 109 Å². The maximum Gasteiger partial charge on any atom is 0.181 e. The van der Waals surface area contributed by atoms with Crippen molar-refractivity contribution in [1.29, 1.82) is 0 Å². The van der Waals surface area contributed by atoms with Gasteiger partial charge in [-0.3, -0.25) is 0 Å². The molecule has 0 saturated carbocycles. The lowest BCUT2D eigenvalue weighted by atomic mass is 10.00. The van der Waals surface area contributed by atoms with Crippen molar-refractivity contribution >= 4 is 32.6 Å². The molecule has 0 aliphatic carbocycles. The van der Waals surface area contributed by atoms with Gasteiger partial charge in [-0.2, -0.15) is 0 Å². The summed E-state index contributed by atoms with van der Waals surface area (Å²) in [6, 6.07) is 45.6. The van der Waals surface area contributed by atoms with Gasteiger partial charge in [0.1, 0.15) is 0 Å². The molecular weight excluding hydrogens is 554 g/mol. The van der Waals surface area contributed by atoms with Crippen LogP contribution in [-0.2, 0) is 0 Å². The average molecular weight is 580 g/mol. The van der Waals surface area contributed by atoms with Crippen molar-refractivity contribution < 1.29 is 8.83 Å². The van der Waals surface area contributed by atoms with Gasteiger partial charge in [-0.25, -0.2) is 9.97 Å². The molecule has 212 valence electrons. The Labute approximate surface area is 258 Å². The molecule has 0 N–H and O–H groups in total. The Morgan fingerprint density at radius 3 is 1.44 bits per heavy atom. The third-order valence-corrected chi connectivity index (χ3v) is 8.65. The lowest BCUT2D eigenvalue weighted by Gasteiger charge is -2.13. The molecule has 6 aromatic carbocycles. The summed E-state index contributed by atoms with van der Waals surface area (Å²) < 4.78 is 13.4. The third-order valence-electron chi connectivity index (χ3n) is 8.65. The minimum absolute atomic E-state index is 0.761. The highest BCUT2D eigenvalue weighted by Crippen LogP contribution is 2.39. The highest BCUT2D eigenvalue weighted by atomic mass is 16.3. The number of hydrogen-bond donors (Lipinski definition) is 0. The lowest BCUT2D eigenvalue weighted by molar-refractivity contribution is 0.571. The van der Waals surface area contributed by atoms with E-state index in [1.165, 1.54) is 34.3 Å². The van der Waals surface area contributed by atoms with Crippen molar-refractivity contribution in [1.82, 2.24) is 14.5 Å². The van der Waals surface area contributed by atoms with Crippen LogP contribution in [0.3, 0.4) is 0 Å². The minimum atomic E-state index is 0.761. The Morgan fingerprint density at radius 2 is 0.911 bits per heavy atom. The molecule has 3 aromatic heterocycles. The van der Waals surface area contributed by atoms with E-state index in [9.17, 15) is 0 Å². The van der Waals surface area contributed by atoms with E-state index in [2.05, 4.69) is 142 Å². The standard InChI is InChI=1S/C40H25N3O2/c1-2-6-33-28(4-1)5-3-7-36(33)43-37-20-31(26-8-12-29(13-9-26)39-22-41-24-44-39)16-18-34(37)35-19-17-32(21-38(35)43)27-10-14-30(15-11-27)40-23-42-25-45-40/h1-25H. The molecule has 9 rings (SSSR count). The van der Waals surface area contributed by atoms with E-state index in [0.29, 0.717) is 0 Å². The second kappa shape index (κ2) is 10.2. The van der Waals surface area contributed by atoms with Gasteiger partial charge in [0, 0.05) is 27.3 Å². The number of oxazole rings is 2. The van der Waals surface area contributed by atoms with Crippen molar-refractivity contribution in [2.24, 2.45) is 0 Å². The van der Waals surface area contributed by atoms with E-state index in [1.807, 2.05) is 0 Å². The largest absolute Gasteiger partial charge is 0.444 e. The summed E-state index contributed by atoms with van der Waals surface area (Å²) >= 11 is 0. The third kappa shape index (κ3) is 4.25. The van der Waals surface area contributed by atoms with Crippen molar-refractivity contribution in [3.63, 3.8) is 0 Å². The van der Waals surface area contributed by atoms with Gasteiger partial charge in [0.05, 0.1) is 29.1 Å². The molecule has 45 heavy (non-hydrogen) atoms. The molecule has 0 amide bonds. The monoisotopic (exact) mass is 579 g/mol. The van der Waals surface area contributed by atoms with Crippen LogP contribution in [0.4, 0.5) is 0 Å².